The summed E-state index contributed by atoms with van der Waals surface area (Å²) in [7, 11) is 6.17. The van der Waals surface area contributed by atoms with Crippen molar-refractivity contribution in [3.05, 3.63) is 176 Å². The molecule has 0 saturated heterocycles. The fraction of sp³-hybridized carbons (Fsp3) is 0.457. The maximum absolute atomic E-state index is 12.7. The van der Waals surface area contributed by atoms with E-state index >= 15 is 0 Å². The van der Waals surface area contributed by atoms with Crippen LogP contribution in [0.5, 0.6) is 51.7 Å². The zero-order chi connectivity index (χ0) is 89.3. The summed E-state index contributed by atoms with van der Waals surface area (Å²) >= 11 is 19.4. The molecule has 4 aromatic heterocycles. The number of alkyl carbamates (subject to hydrolysis) is 1. The molecule has 0 spiro atoms. The number of nitrogens with one attached hydrogen (secondary N) is 1. The zero-order valence-corrected chi connectivity index (χ0v) is 74.8. The number of pyridine rings is 4. The third-order valence-corrected chi connectivity index (χ3v) is 22.0. The molecule has 27 nitrogen and oxygen atoms in total. The predicted octanol–water partition coefficient (Wildman–Crippen LogP) is 17.3. The molecule has 4 aliphatic heterocycles. The number of hydrogen-bond acceptors (Lipinski definition) is 22. The maximum atomic E-state index is 12.7. The Morgan fingerprint density at radius 2 is 0.721 bits per heavy atom. The summed E-state index contributed by atoms with van der Waals surface area (Å²) in [5, 5.41) is 3.77. The minimum absolute atomic E-state index is 0.0408. The first-order valence-corrected chi connectivity index (χ1v) is 41.7. The van der Waals surface area contributed by atoms with E-state index in [1.807, 2.05) is 24.3 Å². The van der Waals surface area contributed by atoms with E-state index in [9.17, 15) is 47.9 Å². The van der Waals surface area contributed by atoms with Crippen molar-refractivity contribution in [3.8, 4) is 96.8 Å². The number of benzene rings is 4. The quantitative estimate of drug-likeness (QED) is 0.0352. The number of rotatable bonds is 28. The Kier molecular flexibility index (Phi) is 33.4. The second-order valence-electron chi connectivity index (χ2n) is 32.2. The van der Waals surface area contributed by atoms with Crippen LogP contribution in [0.25, 0.3) is 45.0 Å². The molecule has 1 N–H and O–H groups in total. The van der Waals surface area contributed by atoms with Crippen molar-refractivity contribution in [2.75, 3.05) is 101 Å². The fourth-order valence-corrected chi connectivity index (χ4v) is 14.9. The van der Waals surface area contributed by atoms with Crippen LogP contribution in [0.3, 0.4) is 0 Å². The minimum Gasteiger partial charge on any atom is -0.493 e. The molecule has 0 saturated carbocycles. The maximum Gasteiger partial charge on any atom is 0.406 e. The second kappa shape index (κ2) is 42.9. The van der Waals surface area contributed by atoms with Gasteiger partial charge in [-0.15, -0.1) is 0 Å². The van der Waals surface area contributed by atoms with E-state index in [1.54, 1.807) is 95.5 Å². The Balaban J connectivity index is 0.000000185. The molecule has 0 aliphatic carbocycles. The van der Waals surface area contributed by atoms with Crippen LogP contribution in [-0.4, -0.2) is 154 Å². The van der Waals surface area contributed by atoms with Crippen molar-refractivity contribution >= 4 is 69.8 Å². The number of fused-ring (bicyclic) bond motifs is 12. The Morgan fingerprint density at radius 1 is 0.410 bits per heavy atom. The van der Waals surface area contributed by atoms with E-state index in [2.05, 4.69) is 72.4 Å². The number of carbonyl (C=O) groups excluding carboxylic acids is 6. The lowest BCUT2D eigenvalue weighted by Gasteiger charge is -2.32. The van der Waals surface area contributed by atoms with Crippen LogP contribution < -0.4 is 69.7 Å². The van der Waals surface area contributed by atoms with Gasteiger partial charge in [-0.05, 0) is 94.9 Å². The highest BCUT2D eigenvalue weighted by atomic mass is 35.5. The third-order valence-electron chi connectivity index (χ3n) is 21.1. The molecule has 656 valence electrons. The first-order valence-electron chi connectivity index (χ1n) is 40.6. The average molecular weight is 1740 g/mol. The number of halogens is 3. The van der Waals surface area contributed by atoms with Gasteiger partial charge in [-0.25, -0.2) is 4.79 Å². The number of methoxy groups -OCH3 is 4. The van der Waals surface area contributed by atoms with E-state index in [0.29, 0.717) is 198 Å². The van der Waals surface area contributed by atoms with Crippen LogP contribution in [0.4, 0.5) is 4.79 Å². The Labute approximate surface area is 724 Å². The molecule has 4 atom stereocenters. The van der Waals surface area contributed by atoms with Crippen LogP contribution in [0.15, 0.2) is 117 Å². The Hall–Kier alpha value is -10.7. The molecular formula is C92H110Cl3N5O22. The molecule has 8 aromatic rings. The zero-order valence-electron chi connectivity index (χ0n) is 72.5. The molecule has 122 heavy (non-hydrogen) atoms. The molecular weight excluding hydrogens is 1630 g/mol. The van der Waals surface area contributed by atoms with Crippen LogP contribution in [0.1, 0.15) is 195 Å². The van der Waals surface area contributed by atoms with Crippen molar-refractivity contribution < 1.29 is 85.6 Å². The summed E-state index contributed by atoms with van der Waals surface area (Å²) in [6.07, 6.45) is 9.16. The van der Waals surface area contributed by atoms with Gasteiger partial charge < -0.3 is 85.2 Å². The summed E-state index contributed by atoms with van der Waals surface area (Å²) in [5.74, 6) is 4.56. The Morgan fingerprint density at radius 3 is 1.04 bits per heavy atom. The number of amides is 1. The highest BCUT2D eigenvalue weighted by molar-refractivity contribution is 6.33. The monoisotopic (exact) mass is 1740 g/mol. The summed E-state index contributed by atoms with van der Waals surface area (Å²) in [6.45, 7) is 30.6. The van der Waals surface area contributed by atoms with E-state index in [0.717, 1.165) is 18.4 Å². The lowest BCUT2D eigenvalue weighted by molar-refractivity contribution is -0.117. The first kappa shape index (κ1) is 95.1. The van der Waals surface area contributed by atoms with Crippen LogP contribution >= 0.6 is 34.8 Å². The van der Waals surface area contributed by atoms with Gasteiger partial charge in [-0.2, -0.15) is 0 Å². The molecule has 12 rings (SSSR count). The van der Waals surface area contributed by atoms with E-state index in [1.165, 1.54) is 59.1 Å². The number of Topliss-reactive ketones (excluding diaryl/α,β-unsaturated/α-hetero) is 5. The highest BCUT2D eigenvalue weighted by Crippen LogP contribution is 2.49. The third kappa shape index (κ3) is 23.3. The van der Waals surface area contributed by atoms with Crippen molar-refractivity contribution in [2.24, 2.45) is 23.2 Å². The average Bonchev–Trinajstić information content (AvgIpc) is 1.53. The number of hydrogen-bond donors (Lipinski definition) is 1. The molecule has 0 bridgehead atoms. The lowest BCUT2D eigenvalue weighted by atomic mass is 9.86. The molecule has 8 heterocycles. The number of ether oxygens (including phenoxy) is 12. The number of nitrogens with zero attached hydrogens (tertiary/aromatic N) is 4. The van der Waals surface area contributed by atoms with Gasteiger partial charge in [-0.1, -0.05) is 97.1 Å². The molecule has 4 unspecified atom stereocenters. The van der Waals surface area contributed by atoms with Gasteiger partial charge in [0.15, 0.2) is 56.3 Å². The molecule has 30 heteroatoms. The van der Waals surface area contributed by atoms with Gasteiger partial charge in [-0.3, -0.25) is 38.4 Å². The largest absolute Gasteiger partial charge is 0.493 e. The van der Waals surface area contributed by atoms with E-state index in [-0.39, 0.29) is 120 Å². The van der Waals surface area contributed by atoms with Crippen LogP contribution in [-0.2, 0) is 19.0 Å². The van der Waals surface area contributed by atoms with Gasteiger partial charge >= 0.3 is 6.09 Å². The van der Waals surface area contributed by atoms with Gasteiger partial charge in [0.1, 0.15) is 72.5 Å². The Bertz CT molecular complexity index is 5430. The predicted molar refractivity (Wildman–Crippen MR) is 468 cm³/mol. The standard InChI is InChI=1S/C24H31NO6.C23H27ClN2O6.C23H26ClNO5.C22H26ClNO5/c1-15(26)17-13-25-18(11-19(17)27)16-10-21(29-6)22(30-9-7-8-28-5)12-20(16)31-14-23(25)24(2,3)4;1-13(2)19-12-32-21-10-22(31-7-5-6-25-23(29)30-4)17(24)8-15(21)18-9-20(28)16(14(3)27)11-26(18)19;1-13(2)20-12-30-22-10-23(29-7-5-6-14(3)26)18(24)8-16(22)19-9-21(28)17(15(4)27)11-25(19)20;1-13(2)19-12-29-21-10-22(28-7-5-6-27-4)17(23)8-15(21)18-9-20(26)16(14(3)25)11-24(18)19/h10-13,23H,7-9,14H2,1-6H3;8-11,13,19H,5-7,12H2,1-4H3,(H,25,29);8-11,13,20H,5-7,12H2,1-4H3;8-11,13,19H,5-7,12H2,1-4H3. The second-order valence-corrected chi connectivity index (χ2v) is 33.4. The van der Waals surface area contributed by atoms with Gasteiger partial charge in [0.05, 0.1) is 125 Å². The molecule has 4 aromatic carbocycles. The highest BCUT2D eigenvalue weighted by Gasteiger charge is 2.36. The summed E-state index contributed by atoms with van der Waals surface area (Å²) < 4.78 is 75.7. The SMILES string of the molecule is CC(=O)CCCOc1cc2c(cc1Cl)-c1cc(=O)c(C(C)=O)cn1C(C(C)C)CO2.COC(=O)NCCCOc1cc2c(cc1Cl)-c1cc(=O)c(C(C)=O)cn1C(C(C)C)CO2.COCCCOc1cc2c(cc1Cl)-c1cc(=O)c(C(C)=O)cn1C(C(C)C)CO2.COCCCOc1cc2c(cc1OC)-c1cc(=O)c(C(C)=O)cn1C(C(C)(C)C)CO2. The van der Waals surface area contributed by atoms with Gasteiger partial charge in [0.2, 0.25) is 0 Å². The van der Waals surface area contributed by atoms with Crippen molar-refractivity contribution in [1.82, 2.24) is 23.6 Å². The number of ketones is 5. The molecule has 0 fully saturated rings. The first-order chi connectivity index (χ1) is 57.9. The molecule has 4 aliphatic rings. The van der Waals surface area contributed by atoms with Crippen molar-refractivity contribution in [1.29, 1.82) is 0 Å². The molecule has 1 amide bonds. The van der Waals surface area contributed by atoms with E-state index in [4.69, 9.17) is 86.9 Å². The lowest BCUT2D eigenvalue weighted by Crippen LogP contribution is -2.31. The topological polar surface area (TPSA) is 313 Å². The van der Waals surface area contributed by atoms with Gasteiger partial charge in [0.25, 0.3) is 0 Å². The fourth-order valence-electron chi connectivity index (χ4n) is 14.2. The van der Waals surface area contributed by atoms with Crippen LogP contribution in [0, 0.1) is 23.2 Å². The van der Waals surface area contributed by atoms with Crippen LogP contribution in [0.2, 0.25) is 15.1 Å². The summed E-state index contributed by atoms with van der Waals surface area (Å²) in [4.78, 5) is 120. The number of aromatic nitrogens is 4. The smallest absolute Gasteiger partial charge is 0.406 e. The minimum atomic E-state index is -0.497. The van der Waals surface area contributed by atoms with Crippen molar-refractivity contribution in [3.63, 3.8) is 0 Å². The molecule has 0 radical (unpaired) electrons. The normalized spacial score (nSPS) is 15.1. The van der Waals surface area contributed by atoms with Crippen molar-refractivity contribution in [2.45, 2.75) is 153 Å². The number of carbonyl (C=O) groups is 6. The summed E-state index contributed by atoms with van der Waals surface area (Å²) in [6, 6.07) is 19.7. The van der Waals surface area contributed by atoms with E-state index < -0.39 is 6.09 Å². The van der Waals surface area contributed by atoms with Gasteiger partial charge in [0, 0.05) is 149 Å². The summed E-state index contributed by atoms with van der Waals surface area (Å²) in [5.41, 5.74) is 4.60.